The van der Waals surface area contributed by atoms with Crippen LogP contribution in [0.5, 0.6) is 0 Å². The van der Waals surface area contributed by atoms with E-state index in [-0.39, 0.29) is 0 Å². The Labute approximate surface area is 199 Å². The number of amides is 2. The molecule has 0 heterocycles. The number of carbonyl (C=O) groups excluding carboxylic acids is 1. The normalized spacial score (nSPS) is 17.5. The highest BCUT2D eigenvalue weighted by Gasteiger charge is 2.26. The minimum Gasteiger partial charge on any atom is -0.398 e. The van der Waals surface area contributed by atoms with Crippen molar-refractivity contribution in [2.24, 2.45) is 0 Å². The molecule has 2 amide bonds. The molecule has 8 heteroatoms. The minimum absolute atomic E-state index is 0.797. The lowest BCUT2D eigenvalue weighted by molar-refractivity contribution is 0.256. The Balaban J connectivity index is 0.000000151. The number of hydrogen-bond acceptors (Lipinski definition) is 4. The molecule has 2 aromatic carbocycles. The van der Waals surface area contributed by atoms with Crippen molar-refractivity contribution in [3.05, 3.63) is 56.6 Å². The van der Waals surface area contributed by atoms with Gasteiger partial charge in [-0.15, -0.1) is 0 Å². The summed E-state index contributed by atoms with van der Waals surface area (Å²) < 4.78 is 23.5. The molecule has 4 N–H and O–H groups in total. The van der Waals surface area contributed by atoms with Crippen molar-refractivity contribution >= 4 is 37.3 Å². The van der Waals surface area contributed by atoms with Gasteiger partial charge in [-0.3, -0.25) is 0 Å². The second kappa shape index (κ2) is 8.84. The van der Waals surface area contributed by atoms with Gasteiger partial charge >= 0.3 is 15.3 Å². The van der Waals surface area contributed by atoms with Gasteiger partial charge in [0, 0.05) is 22.1 Å². The van der Waals surface area contributed by atoms with Gasteiger partial charge in [-0.05, 0) is 122 Å². The summed E-state index contributed by atoms with van der Waals surface area (Å²) in [7, 11) is 0.968. The molecule has 4 aliphatic carbocycles. The lowest BCUT2D eigenvalue weighted by Crippen LogP contribution is -2.32. The second-order valence-corrected chi connectivity index (χ2v) is 11.8. The zero-order valence-electron chi connectivity index (χ0n) is 18.7. The Hall–Kier alpha value is -2.25. The molecule has 0 radical (unpaired) electrons. The molecule has 6 nitrogen and oxygen atoms in total. The highest BCUT2D eigenvalue weighted by Crippen LogP contribution is 2.39. The Bertz CT molecular complexity index is 1180. The van der Waals surface area contributed by atoms with Crippen LogP contribution in [-0.2, 0) is 60.6 Å². The minimum atomic E-state index is -4.06. The molecule has 0 fully saturated rings. The highest BCUT2D eigenvalue weighted by molar-refractivity contribution is 8.12. The number of nitrogens with two attached hydrogens (primary N) is 1. The van der Waals surface area contributed by atoms with Gasteiger partial charge in [0.1, 0.15) is 0 Å². The topological polar surface area (TPSA) is 101 Å². The fraction of sp³-hybridized carbons (Fsp3) is 0.480. The maximum Gasteiger partial charge on any atom is 0.333 e. The first kappa shape index (κ1) is 22.5. The molecule has 0 unspecified atom stereocenters. The predicted octanol–water partition coefficient (Wildman–Crippen LogP) is 4.52. The Morgan fingerprint density at radius 3 is 1.55 bits per heavy atom. The molecule has 176 valence electrons. The summed E-state index contributed by atoms with van der Waals surface area (Å²) >= 11 is 0. The number of fused-ring (bicyclic) bond motifs is 4. The molecule has 0 saturated heterocycles. The molecule has 0 aliphatic heterocycles. The fourth-order valence-electron chi connectivity index (χ4n) is 6.08. The van der Waals surface area contributed by atoms with Crippen LogP contribution in [0.15, 0.2) is 12.1 Å². The van der Waals surface area contributed by atoms with Crippen LogP contribution < -0.4 is 15.8 Å². The van der Waals surface area contributed by atoms with E-state index in [9.17, 15) is 13.2 Å². The number of rotatable bonds is 2. The lowest BCUT2D eigenvalue weighted by atomic mass is 9.99. The summed E-state index contributed by atoms with van der Waals surface area (Å²) in [5.74, 6) is 0. The van der Waals surface area contributed by atoms with E-state index in [1.54, 1.807) is 4.72 Å². The zero-order chi connectivity index (χ0) is 23.2. The van der Waals surface area contributed by atoms with Gasteiger partial charge in [0.15, 0.2) is 0 Å². The predicted molar refractivity (Wildman–Crippen MR) is 132 cm³/mol. The molecule has 4 aliphatic rings. The summed E-state index contributed by atoms with van der Waals surface area (Å²) in [5.41, 5.74) is 19.0. The van der Waals surface area contributed by atoms with Crippen molar-refractivity contribution in [2.45, 2.75) is 77.0 Å². The van der Waals surface area contributed by atoms with Crippen LogP contribution in [0.25, 0.3) is 0 Å². The average Bonchev–Trinajstić information content (AvgIpc) is 3.53. The highest BCUT2D eigenvalue weighted by atomic mass is 35.7. The number of halogens is 1. The van der Waals surface area contributed by atoms with Gasteiger partial charge in [-0.2, -0.15) is 8.42 Å². The summed E-state index contributed by atoms with van der Waals surface area (Å²) in [4.78, 5) is 11.7. The number of anilines is 2. The number of nitrogen functional groups attached to an aromatic ring is 1. The molecule has 0 spiro atoms. The number of carbonyl (C=O) groups is 1. The Morgan fingerprint density at radius 2 is 1.12 bits per heavy atom. The van der Waals surface area contributed by atoms with Crippen LogP contribution in [0.4, 0.5) is 16.2 Å². The van der Waals surface area contributed by atoms with Crippen molar-refractivity contribution < 1.29 is 13.2 Å². The van der Waals surface area contributed by atoms with E-state index in [1.165, 1.54) is 71.9 Å². The maximum atomic E-state index is 11.7. The molecule has 2 aromatic rings. The average molecular weight is 488 g/mol. The van der Waals surface area contributed by atoms with Gasteiger partial charge in [-0.1, -0.05) is 12.1 Å². The van der Waals surface area contributed by atoms with E-state index in [0.29, 0.717) is 0 Å². The van der Waals surface area contributed by atoms with Gasteiger partial charge < -0.3 is 11.1 Å². The van der Waals surface area contributed by atoms with Crippen molar-refractivity contribution in [1.82, 2.24) is 4.72 Å². The standard InChI is InChI=1S/C13H15ClN2O3S.C12H15N/c14-20(18,19)16-13(17)15-12-10-5-1-3-8(10)7-9-4-2-6-11(9)12;13-12-10-5-1-3-8(10)7-9-4-2-6-11(9)12/h7H,1-6H2,(H2,15,16,17);7H,1-6,13H2. The second-order valence-electron chi connectivity index (χ2n) is 9.50. The SMILES string of the molecule is Nc1c2c(cc3c1CCC3)CCC2.O=C(Nc1c2c(cc3c1CCC3)CCC2)NS(=O)(=O)Cl. The molecule has 33 heavy (non-hydrogen) atoms. The van der Waals surface area contributed by atoms with E-state index >= 15 is 0 Å². The Morgan fingerprint density at radius 1 is 0.727 bits per heavy atom. The fourth-order valence-corrected chi connectivity index (χ4v) is 6.56. The Kier molecular flexibility index (Phi) is 6.04. The molecule has 0 atom stereocenters. The van der Waals surface area contributed by atoms with E-state index in [4.69, 9.17) is 16.4 Å². The van der Waals surface area contributed by atoms with Crippen LogP contribution in [0, 0.1) is 0 Å². The van der Waals surface area contributed by atoms with Crippen LogP contribution in [0.1, 0.15) is 70.2 Å². The van der Waals surface area contributed by atoms with Crippen molar-refractivity contribution in [3.63, 3.8) is 0 Å². The summed E-state index contributed by atoms with van der Waals surface area (Å²) in [6.45, 7) is 0. The molecule has 6 rings (SSSR count). The molecular weight excluding hydrogens is 458 g/mol. The van der Waals surface area contributed by atoms with E-state index in [1.807, 2.05) is 0 Å². The van der Waals surface area contributed by atoms with Crippen molar-refractivity contribution in [1.29, 1.82) is 0 Å². The number of hydrogen-bond donors (Lipinski definition) is 3. The van der Waals surface area contributed by atoms with Gasteiger partial charge in [0.25, 0.3) is 0 Å². The van der Waals surface area contributed by atoms with Crippen molar-refractivity contribution in [2.75, 3.05) is 11.1 Å². The third kappa shape index (κ3) is 4.58. The van der Waals surface area contributed by atoms with Gasteiger partial charge in [0.05, 0.1) is 0 Å². The first-order chi connectivity index (χ1) is 15.8. The van der Waals surface area contributed by atoms with Crippen LogP contribution in [-0.4, -0.2) is 14.4 Å². The lowest BCUT2D eigenvalue weighted by Gasteiger charge is -2.15. The summed E-state index contributed by atoms with van der Waals surface area (Å²) in [6.07, 6.45) is 13.6. The van der Waals surface area contributed by atoms with E-state index in [2.05, 4.69) is 17.4 Å². The quantitative estimate of drug-likeness (QED) is 0.428. The van der Waals surface area contributed by atoms with Crippen molar-refractivity contribution in [3.8, 4) is 0 Å². The van der Waals surface area contributed by atoms with Crippen LogP contribution >= 0.6 is 10.7 Å². The van der Waals surface area contributed by atoms with Crippen LogP contribution in [0.3, 0.4) is 0 Å². The molecule has 0 bridgehead atoms. The third-order valence-corrected chi connectivity index (χ3v) is 8.11. The summed E-state index contributed by atoms with van der Waals surface area (Å²) in [6, 6.07) is 3.86. The first-order valence-corrected chi connectivity index (χ1v) is 14.2. The number of nitrogens with one attached hydrogen (secondary N) is 2. The monoisotopic (exact) mass is 487 g/mol. The third-order valence-electron chi connectivity index (χ3n) is 7.45. The number of benzene rings is 2. The maximum absolute atomic E-state index is 11.7. The van der Waals surface area contributed by atoms with Gasteiger partial charge in [0.2, 0.25) is 0 Å². The number of urea groups is 1. The zero-order valence-corrected chi connectivity index (χ0v) is 20.3. The molecular formula is C25H30ClN3O3S. The smallest absolute Gasteiger partial charge is 0.333 e. The van der Waals surface area contributed by atoms with E-state index < -0.39 is 15.3 Å². The number of aryl methyl sites for hydroxylation is 4. The largest absolute Gasteiger partial charge is 0.398 e. The summed E-state index contributed by atoms with van der Waals surface area (Å²) in [5, 5.41) is 2.69. The van der Waals surface area contributed by atoms with E-state index in [0.717, 1.165) is 61.0 Å². The first-order valence-electron chi connectivity index (χ1n) is 11.9. The van der Waals surface area contributed by atoms with Gasteiger partial charge in [-0.25, -0.2) is 9.52 Å². The molecule has 0 aromatic heterocycles. The van der Waals surface area contributed by atoms with Crippen LogP contribution in [0.2, 0.25) is 0 Å². The molecule has 0 saturated carbocycles.